The summed E-state index contributed by atoms with van der Waals surface area (Å²) >= 11 is 17.5. The summed E-state index contributed by atoms with van der Waals surface area (Å²) in [5.41, 5.74) is 1.74. The lowest BCUT2D eigenvalue weighted by Crippen LogP contribution is -2.45. The highest BCUT2D eigenvalue weighted by Gasteiger charge is 2.33. The molecule has 0 saturated heterocycles. The van der Waals surface area contributed by atoms with Crippen LogP contribution in [0.25, 0.3) is 11.3 Å². The van der Waals surface area contributed by atoms with E-state index in [1.165, 1.54) is 0 Å². The molecule has 0 spiro atoms. The van der Waals surface area contributed by atoms with Crippen molar-refractivity contribution in [3.05, 3.63) is 57.4 Å². The van der Waals surface area contributed by atoms with E-state index >= 15 is 0 Å². The third-order valence-corrected chi connectivity index (χ3v) is 4.71. The minimum absolute atomic E-state index is 0.243. The SMILES string of the molecule is CC1=C(C(=O)OC(C)C)[C@@H](c2ccc(-c3ccc(Cl)cc3Cl)o2)NC(=S)N1. The molecule has 0 saturated carbocycles. The number of nitrogens with one attached hydrogen (secondary N) is 2. The Labute approximate surface area is 172 Å². The van der Waals surface area contributed by atoms with Crippen molar-refractivity contribution in [1.82, 2.24) is 10.6 Å². The molecule has 8 heteroatoms. The van der Waals surface area contributed by atoms with Gasteiger partial charge in [-0.1, -0.05) is 23.2 Å². The van der Waals surface area contributed by atoms with Crippen LogP contribution in [0.4, 0.5) is 0 Å². The fourth-order valence-corrected chi connectivity index (χ4v) is 3.57. The molecule has 1 aliphatic heterocycles. The second-order valence-electron chi connectivity index (χ2n) is 6.35. The van der Waals surface area contributed by atoms with Gasteiger partial charge in [0.2, 0.25) is 0 Å². The van der Waals surface area contributed by atoms with Gasteiger partial charge in [0, 0.05) is 16.3 Å². The highest BCUT2D eigenvalue weighted by atomic mass is 35.5. The van der Waals surface area contributed by atoms with Crippen molar-refractivity contribution in [3.63, 3.8) is 0 Å². The van der Waals surface area contributed by atoms with E-state index in [1.54, 1.807) is 51.1 Å². The van der Waals surface area contributed by atoms with Crippen LogP contribution < -0.4 is 10.6 Å². The van der Waals surface area contributed by atoms with Gasteiger partial charge in [0.15, 0.2) is 5.11 Å². The van der Waals surface area contributed by atoms with Crippen molar-refractivity contribution in [1.29, 1.82) is 0 Å². The van der Waals surface area contributed by atoms with Gasteiger partial charge in [-0.15, -0.1) is 0 Å². The zero-order valence-electron chi connectivity index (χ0n) is 14.9. The molecule has 0 aliphatic carbocycles. The molecule has 0 radical (unpaired) electrons. The Balaban J connectivity index is 1.98. The first kappa shape index (κ1) is 19.7. The van der Waals surface area contributed by atoms with E-state index in [1.807, 2.05) is 0 Å². The maximum atomic E-state index is 12.6. The van der Waals surface area contributed by atoms with Crippen molar-refractivity contribution < 1.29 is 13.9 Å². The Kier molecular flexibility index (Phi) is 5.79. The quantitative estimate of drug-likeness (QED) is 0.531. The molecule has 0 bridgehead atoms. The maximum Gasteiger partial charge on any atom is 0.338 e. The Morgan fingerprint density at radius 1 is 1.26 bits per heavy atom. The molecule has 1 aromatic heterocycles. The molecule has 1 aromatic carbocycles. The van der Waals surface area contributed by atoms with Gasteiger partial charge in [0.05, 0.1) is 16.7 Å². The van der Waals surface area contributed by atoms with Crippen molar-refractivity contribution >= 4 is 46.5 Å². The molecule has 3 rings (SSSR count). The number of thiocarbonyl (C=S) groups is 1. The summed E-state index contributed by atoms with van der Waals surface area (Å²) < 4.78 is 11.4. The summed E-state index contributed by atoms with van der Waals surface area (Å²) in [6, 6.07) is 8.17. The summed E-state index contributed by atoms with van der Waals surface area (Å²) in [4.78, 5) is 12.6. The van der Waals surface area contributed by atoms with Crippen LogP contribution >= 0.6 is 35.4 Å². The average molecular weight is 425 g/mol. The van der Waals surface area contributed by atoms with Crippen molar-refractivity contribution in [3.8, 4) is 11.3 Å². The molecule has 2 heterocycles. The van der Waals surface area contributed by atoms with E-state index in [-0.39, 0.29) is 6.10 Å². The average Bonchev–Trinajstić information content (AvgIpc) is 3.02. The van der Waals surface area contributed by atoms with Gasteiger partial charge in [0.25, 0.3) is 0 Å². The normalized spacial score (nSPS) is 17.0. The van der Waals surface area contributed by atoms with Gasteiger partial charge in [-0.05, 0) is 63.3 Å². The number of carbonyl (C=O) groups excluding carboxylic acids is 1. The largest absolute Gasteiger partial charge is 0.459 e. The third-order valence-electron chi connectivity index (χ3n) is 3.94. The molecule has 0 fully saturated rings. The summed E-state index contributed by atoms with van der Waals surface area (Å²) in [5.74, 6) is 0.652. The lowest BCUT2D eigenvalue weighted by molar-refractivity contribution is -0.143. The van der Waals surface area contributed by atoms with Gasteiger partial charge < -0.3 is 19.8 Å². The minimum Gasteiger partial charge on any atom is -0.459 e. The van der Waals surface area contributed by atoms with Crippen LogP contribution in [-0.2, 0) is 9.53 Å². The van der Waals surface area contributed by atoms with Gasteiger partial charge in [-0.25, -0.2) is 4.79 Å². The predicted octanol–water partition coefficient (Wildman–Crippen LogP) is 5.00. The molecule has 27 heavy (non-hydrogen) atoms. The number of hydrogen-bond donors (Lipinski definition) is 2. The molecule has 0 unspecified atom stereocenters. The van der Waals surface area contributed by atoms with Gasteiger partial charge >= 0.3 is 5.97 Å². The summed E-state index contributed by atoms with van der Waals surface area (Å²) in [7, 11) is 0. The van der Waals surface area contributed by atoms with E-state index in [9.17, 15) is 4.79 Å². The smallest absolute Gasteiger partial charge is 0.338 e. The Bertz CT molecular complexity index is 937. The van der Waals surface area contributed by atoms with E-state index in [2.05, 4.69) is 10.6 Å². The van der Waals surface area contributed by atoms with Crippen molar-refractivity contribution in [2.75, 3.05) is 0 Å². The molecule has 0 amide bonds. The van der Waals surface area contributed by atoms with Crippen molar-refractivity contribution in [2.45, 2.75) is 32.9 Å². The van der Waals surface area contributed by atoms with Crippen LogP contribution in [0.1, 0.15) is 32.6 Å². The number of ether oxygens (including phenoxy) is 1. The Morgan fingerprint density at radius 3 is 2.67 bits per heavy atom. The molecule has 1 aliphatic rings. The number of esters is 1. The number of halogens is 2. The van der Waals surface area contributed by atoms with Gasteiger partial charge in [-0.3, -0.25) is 0 Å². The fraction of sp³-hybridized carbons (Fsp3) is 0.263. The third kappa shape index (κ3) is 4.29. The van der Waals surface area contributed by atoms with Crippen LogP contribution in [0, 0.1) is 0 Å². The van der Waals surface area contributed by atoms with Gasteiger partial charge in [0.1, 0.15) is 17.6 Å². The second kappa shape index (κ2) is 7.92. The van der Waals surface area contributed by atoms with Crippen LogP contribution in [0.2, 0.25) is 10.0 Å². The lowest BCUT2D eigenvalue weighted by Gasteiger charge is -2.28. The van der Waals surface area contributed by atoms with E-state index in [0.717, 1.165) is 0 Å². The van der Waals surface area contributed by atoms with E-state index in [0.29, 0.717) is 43.5 Å². The lowest BCUT2D eigenvalue weighted by atomic mass is 10.0. The Morgan fingerprint density at radius 2 is 2.00 bits per heavy atom. The predicted molar refractivity (Wildman–Crippen MR) is 110 cm³/mol. The van der Waals surface area contributed by atoms with Gasteiger partial charge in [-0.2, -0.15) is 0 Å². The summed E-state index contributed by atoms with van der Waals surface area (Å²) in [5, 5.41) is 7.45. The topological polar surface area (TPSA) is 63.5 Å². The second-order valence-corrected chi connectivity index (χ2v) is 7.60. The fourth-order valence-electron chi connectivity index (χ4n) is 2.80. The number of furan rings is 1. The maximum absolute atomic E-state index is 12.6. The monoisotopic (exact) mass is 424 g/mol. The molecule has 5 nitrogen and oxygen atoms in total. The molecule has 1 atom stereocenters. The molecule has 2 N–H and O–H groups in total. The highest BCUT2D eigenvalue weighted by Crippen LogP contribution is 2.35. The standard InChI is InChI=1S/C19H18Cl2N2O3S/c1-9(2)25-18(24)16-10(3)22-19(27)23-17(16)15-7-6-14(26-15)12-5-4-11(20)8-13(12)21/h4-9,17H,1-3H3,(H2,22,23,27)/t17-/m1/s1. The molecular formula is C19H18Cl2N2O3S. The molecule has 2 aromatic rings. The van der Waals surface area contributed by atoms with Crippen LogP contribution in [-0.4, -0.2) is 17.2 Å². The number of benzene rings is 1. The summed E-state index contributed by atoms with van der Waals surface area (Å²) in [6.45, 7) is 5.37. The highest BCUT2D eigenvalue weighted by molar-refractivity contribution is 7.80. The first-order valence-electron chi connectivity index (χ1n) is 8.30. The number of carbonyl (C=O) groups is 1. The van der Waals surface area contributed by atoms with Crippen LogP contribution in [0.3, 0.4) is 0 Å². The van der Waals surface area contributed by atoms with Crippen LogP contribution in [0.15, 0.2) is 46.0 Å². The molecular weight excluding hydrogens is 407 g/mol. The first-order chi connectivity index (χ1) is 12.8. The number of hydrogen-bond acceptors (Lipinski definition) is 4. The zero-order chi connectivity index (χ0) is 19.7. The zero-order valence-corrected chi connectivity index (χ0v) is 17.3. The van der Waals surface area contributed by atoms with E-state index < -0.39 is 12.0 Å². The van der Waals surface area contributed by atoms with Crippen molar-refractivity contribution in [2.24, 2.45) is 0 Å². The van der Waals surface area contributed by atoms with Crippen LogP contribution in [0.5, 0.6) is 0 Å². The minimum atomic E-state index is -0.565. The molecule has 142 valence electrons. The van der Waals surface area contributed by atoms with E-state index in [4.69, 9.17) is 44.6 Å². The summed E-state index contributed by atoms with van der Waals surface area (Å²) in [6.07, 6.45) is -0.243. The number of allylic oxidation sites excluding steroid dienone is 1. The first-order valence-corrected chi connectivity index (χ1v) is 9.47. The number of rotatable bonds is 4. The Hall–Kier alpha value is -2.02.